The molecule has 0 unspecified atom stereocenters. The summed E-state index contributed by atoms with van der Waals surface area (Å²) >= 11 is 0. The highest BCUT2D eigenvalue weighted by Gasteiger charge is 2.19. The zero-order valence-corrected chi connectivity index (χ0v) is 20.0. The molecule has 0 aliphatic rings. The molecule has 7 heteroatoms. The molecule has 0 fully saturated rings. The predicted molar refractivity (Wildman–Crippen MR) is 129 cm³/mol. The van der Waals surface area contributed by atoms with Crippen LogP contribution in [-0.2, 0) is 4.74 Å². The number of aryl methyl sites for hydroxylation is 3. The standard InChI is InChI=1S/C27H27N3O4/c1-17-14-19(3)30(28-17)23-8-6-21(7-9-23)27(32)34-16-26(31)25-15-18(2)29(20(25)4)22-10-12-24(33-5)13-11-22/h6-15H,16H2,1-5H3. The van der Waals surface area contributed by atoms with Gasteiger partial charge in [0.15, 0.2) is 6.61 Å². The first-order chi connectivity index (χ1) is 16.3. The van der Waals surface area contributed by atoms with Crippen molar-refractivity contribution < 1.29 is 19.1 Å². The van der Waals surface area contributed by atoms with Gasteiger partial charge in [-0.15, -0.1) is 0 Å². The van der Waals surface area contributed by atoms with Crippen molar-refractivity contribution in [3.63, 3.8) is 0 Å². The van der Waals surface area contributed by atoms with Crippen molar-refractivity contribution in [1.29, 1.82) is 0 Å². The Balaban J connectivity index is 1.44. The summed E-state index contributed by atoms with van der Waals surface area (Å²) in [6.07, 6.45) is 0. The second-order valence-corrected chi connectivity index (χ2v) is 8.20. The van der Waals surface area contributed by atoms with E-state index in [0.717, 1.165) is 39.9 Å². The molecule has 0 saturated heterocycles. The first kappa shape index (κ1) is 23.0. The summed E-state index contributed by atoms with van der Waals surface area (Å²) < 4.78 is 14.3. The summed E-state index contributed by atoms with van der Waals surface area (Å²) in [7, 11) is 1.62. The van der Waals surface area contributed by atoms with Crippen LogP contribution < -0.4 is 4.74 Å². The quantitative estimate of drug-likeness (QED) is 0.290. The van der Waals surface area contributed by atoms with Crippen LogP contribution in [0.4, 0.5) is 0 Å². The number of hydrogen-bond acceptors (Lipinski definition) is 5. The zero-order chi connectivity index (χ0) is 24.4. The molecular weight excluding hydrogens is 430 g/mol. The van der Waals surface area contributed by atoms with Crippen LogP contribution in [0.5, 0.6) is 5.75 Å². The number of Topliss-reactive ketones (excluding diaryl/α,β-unsaturated/α-hetero) is 1. The molecule has 174 valence electrons. The molecular formula is C27H27N3O4. The maximum Gasteiger partial charge on any atom is 0.338 e. The lowest BCUT2D eigenvalue weighted by Gasteiger charge is -2.11. The summed E-state index contributed by atoms with van der Waals surface area (Å²) in [5.74, 6) is -0.0324. The van der Waals surface area contributed by atoms with Gasteiger partial charge in [0.1, 0.15) is 5.75 Å². The molecule has 7 nitrogen and oxygen atoms in total. The van der Waals surface area contributed by atoms with Gasteiger partial charge in [-0.05, 0) is 88.4 Å². The van der Waals surface area contributed by atoms with E-state index in [1.54, 1.807) is 31.4 Å². The van der Waals surface area contributed by atoms with Gasteiger partial charge in [-0.3, -0.25) is 4.79 Å². The number of benzene rings is 2. The molecule has 34 heavy (non-hydrogen) atoms. The minimum Gasteiger partial charge on any atom is -0.497 e. The van der Waals surface area contributed by atoms with Crippen molar-refractivity contribution in [2.24, 2.45) is 0 Å². The molecule has 0 bridgehead atoms. The van der Waals surface area contributed by atoms with E-state index in [2.05, 4.69) is 5.10 Å². The van der Waals surface area contributed by atoms with Crippen molar-refractivity contribution in [3.05, 3.63) is 94.6 Å². The maximum atomic E-state index is 12.9. The van der Waals surface area contributed by atoms with Crippen LogP contribution in [0.25, 0.3) is 11.4 Å². The van der Waals surface area contributed by atoms with E-state index < -0.39 is 5.97 Å². The van der Waals surface area contributed by atoms with Crippen LogP contribution in [-0.4, -0.2) is 39.8 Å². The smallest absolute Gasteiger partial charge is 0.338 e. The Kier molecular flexibility index (Phi) is 6.36. The van der Waals surface area contributed by atoms with Crippen LogP contribution in [0, 0.1) is 27.7 Å². The van der Waals surface area contributed by atoms with Gasteiger partial charge >= 0.3 is 5.97 Å². The van der Waals surface area contributed by atoms with E-state index in [-0.39, 0.29) is 12.4 Å². The fourth-order valence-corrected chi connectivity index (χ4v) is 4.09. The minimum atomic E-state index is -0.544. The van der Waals surface area contributed by atoms with Gasteiger partial charge in [-0.1, -0.05) is 0 Å². The molecule has 0 spiro atoms. The molecule has 0 aliphatic carbocycles. The second-order valence-electron chi connectivity index (χ2n) is 8.20. The average Bonchev–Trinajstić information content (AvgIpc) is 3.34. The highest BCUT2D eigenvalue weighted by molar-refractivity contribution is 6.00. The number of ketones is 1. The van der Waals surface area contributed by atoms with Gasteiger partial charge < -0.3 is 14.0 Å². The van der Waals surface area contributed by atoms with Crippen molar-refractivity contribution in [2.45, 2.75) is 27.7 Å². The van der Waals surface area contributed by atoms with Gasteiger partial charge in [-0.25, -0.2) is 9.48 Å². The Morgan fingerprint density at radius 2 is 1.50 bits per heavy atom. The number of aromatic nitrogens is 3. The number of methoxy groups -OCH3 is 1. The molecule has 0 atom stereocenters. The third-order valence-electron chi connectivity index (χ3n) is 5.75. The third-order valence-corrected chi connectivity index (χ3v) is 5.75. The van der Waals surface area contributed by atoms with Gasteiger partial charge in [0.05, 0.1) is 24.1 Å². The van der Waals surface area contributed by atoms with Crippen LogP contribution in [0.2, 0.25) is 0 Å². The van der Waals surface area contributed by atoms with Gasteiger partial charge in [0.25, 0.3) is 0 Å². The van der Waals surface area contributed by atoms with Crippen molar-refractivity contribution in [3.8, 4) is 17.1 Å². The van der Waals surface area contributed by atoms with E-state index in [0.29, 0.717) is 11.1 Å². The van der Waals surface area contributed by atoms with E-state index >= 15 is 0 Å². The molecule has 0 amide bonds. The molecule has 4 rings (SSSR count). The van der Waals surface area contributed by atoms with Crippen LogP contribution in [0.15, 0.2) is 60.7 Å². The topological polar surface area (TPSA) is 75.3 Å². The van der Waals surface area contributed by atoms with E-state index in [4.69, 9.17) is 9.47 Å². The fraction of sp³-hybridized carbons (Fsp3) is 0.222. The van der Waals surface area contributed by atoms with E-state index in [1.165, 1.54) is 0 Å². The molecule has 2 aromatic carbocycles. The second kappa shape index (κ2) is 9.39. The summed E-state index contributed by atoms with van der Waals surface area (Å²) in [4.78, 5) is 25.4. The van der Waals surface area contributed by atoms with Crippen LogP contribution in [0.1, 0.15) is 43.5 Å². The first-order valence-corrected chi connectivity index (χ1v) is 11.0. The van der Waals surface area contributed by atoms with Gasteiger partial charge in [-0.2, -0.15) is 5.10 Å². The van der Waals surface area contributed by atoms with E-state index in [1.807, 2.05) is 73.3 Å². The number of hydrogen-bond donors (Lipinski definition) is 0. The monoisotopic (exact) mass is 457 g/mol. The minimum absolute atomic E-state index is 0.250. The third kappa shape index (κ3) is 4.50. The van der Waals surface area contributed by atoms with Gasteiger partial charge in [0, 0.05) is 28.3 Å². The van der Waals surface area contributed by atoms with Crippen LogP contribution >= 0.6 is 0 Å². The summed E-state index contributed by atoms with van der Waals surface area (Å²) in [5.41, 5.74) is 6.31. The average molecular weight is 458 g/mol. The normalized spacial score (nSPS) is 10.9. The zero-order valence-electron chi connectivity index (χ0n) is 20.0. The summed E-state index contributed by atoms with van der Waals surface area (Å²) in [5, 5.41) is 4.44. The molecule has 0 radical (unpaired) electrons. The highest BCUT2D eigenvalue weighted by atomic mass is 16.5. The fourth-order valence-electron chi connectivity index (χ4n) is 4.09. The Labute approximate surface area is 198 Å². The number of rotatable bonds is 7. The van der Waals surface area contributed by atoms with Crippen molar-refractivity contribution in [2.75, 3.05) is 13.7 Å². The molecule has 2 aromatic heterocycles. The van der Waals surface area contributed by atoms with Crippen LogP contribution in [0.3, 0.4) is 0 Å². The lowest BCUT2D eigenvalue weighted by molar-refractivity contribution is 0.0474. The van der Waals surface area contributed by atoms with Gasteiger partial charge in [0.2, 0.25) is 5.78 Å². The molecule has 4 aromatic rings. The lowest BCUT2D eigenvalue weighted by atomic mass is 10.1. The Hall–Kier alpha value is -4.13. The number of carbonyl (C=O) groups is 2. The number of ether oxygens (including phenoxy) is 2. The largest absolute Gasteiger partial charge is 0.497 e. The summed E-state index contributed by atoms with van der Waals surface area (Å²) in [6.45, 7) is 7.39. The Morgan fingerprint density at radius 1 is 0.853 bits per heavy atom. The summed E-state index contributed by atoms with van der Waals surface area (Å²) in [6, 6.07) is 18.4. The van der Waals surface area contributed by atoms with E-state index in [9.17, 15) is 9.59 Å². The molecule has 2 heterocycles. The van der Waals surface area contributed by atoms with Crippen molar-refractivity contribution >= 4 is 11.8 Å². The predicted octanol–water partition coefficient (Wildman–Crippen LogP) is 4.94. The SMILES string of the molecule is COc1ccc(-n2c(C)cc(C(=O)COC(=O)c3ccc(-n4nc(C)cc4C)cc3)c2C)cc1. The van der Waals surface area contributed by atoms with Crippen molar-refractivity contribution in [1.82, 2.24) is 14.3 Å². The molecule has 0 N–H and O–H groups in total. The molecule has 0 saturated carbocycles. The maximum absolute atomic E-state index is 12.9. The number of carbonyl (C=O) groups excluding carboxylic acids is 2. The molecule has 0 aliphatic heterocycles. The lowest BCUT2D eigenvalue weighted by Crippen LogP contribution is -2.15. The first-order valence-electron chi connectivity index (χ1n) is 11.0. The Bertz CT molecular complexity index is 1350. The number of esters is 1. The Morgan fingerprint density at radius 3 is 2.09 bits per heavy atom. The highest BCUT2D eigenvalue weighted by Crippen LogP contribution is 2.23. The number of nitrogens with zero attached hydrogens (tertiary/aromatic N) is 3.